The molecule has 4 nitrogen and oxygen atoms in total. The van der Waals surface area contributed by atoms with Crippen LogP contribution in [0.4, 0.5) is 5.69 Å². The highest BCUT2D eigenvalue weighted by molar-refractivity contribution is 6.11. The van der Waals surface area contributed by atoms with Gasteiger partial charge in [-0.05, 0) is 72.2 Å². The van der Waals surface area contributed by atoms with Crippen LogP contribution in [0.5, 0.6) is 0 Å². The number of rotatable bonds is 7. The van der Waals surface area contributed by atoms with Crippen LogP contribution < -0.4 is 4.90 Å². The van der Waals surface area contributed by atoms with E-state index in [1.807, 2.05) is 42.6 Å². The third-order valence-electron chi connectivity index (χ3n) is 5.47. The van der Waals surface area contributed by atoms with Gasteiger partial charge < -0.3 is 9.88 Å². The highest BCUT2D eigenvalue weighted by Gasteiger charge is 2.10. The number of hydrogen-bond acceptors (Lipinski definition) is 3. The predicted molar refractivity (Wildman–Crippen MR) is 124 cm³/mol. The van der Waals surface area contributed by atoms with Crippen molar-refractivity contribution in [3.63, 3.8) is 0 Å². The second-order valence-corrected chi connectivity index (χ2v) is 7.74. The SMILES string of the molecule is O=C(C=Cc1ccc(N2CCCCC2)cc1)CC(=O)C=Cc1ccc2cc[nH]c2c1. The topological polar surface area (TPSA) is 53.2 Å². The molecule has 152 valence electrons. The Morgan fingerprint density at radius 2 is 1.50 bits per heavy atom. The lowest BCUT2D eigenvalue weighted by molar-refractivity contribution is -0.121. The summed E-state index contributed by atoms with van der Waals surface area (Å²) >= 11 is 0. The summed E-state index contributed by atoms with van der Waals surface area (Å²) in [5.41, 5.74) is 4.15. The van der Waals surface area contributed by atoms with Crippen molar-refractivity contribution < 1.29 is 9.59 Å². The van der Waals surface area contributed by atoms with Gasteiger partial charge >= 0.3 is 0 Å². The van der Waals surface area contributed by atoms with E-state index in [4.69, 9.17) is 0 Å². The summed E-state index contributed by atoms with van der Waals surface area (Å²) in [5, 5.41) is 1.13. The Labute approximate surface area is 176 Å². The van der Waals surface area contributed by atoms with E-state index in [1.54, 1.807) is 12.2 Å². The molecule has 2 heterocycles. The lowest BCUT2D eigenvalue weighted by Gasteiger charge is -2.28. The van der Waals surface area contributed by atoms with Gasteiger partial charge in [-0.3, -0.25) is 9.59 Å². The van der Waals surface area contributed by atoms with Crippen molar-refractivity contribution in [2.24, 2.45) is 0 Å². The van der Waals surface area contributed by atoms with E-state index in [2.05, 4.69) is 22.0 Å². The number of ketones is 2. The van der Waals surface area contributed by atoms with Gasteiger partial charge in [-0.2, -0.15) is 0 Å². The molecule has 0 unspecified atom stereocenters. The molecule has 1 aliphatic rings. The first-order valence-electron chi connectivity index (χ1n) is 10.5. The number of benzene rings is 2. The Balaban J connectivity index is 1.29. The molecule has 0 amide bonds. The average Bonchev–Trinajstić information content (AvgIpc) is 3.25. The lowest BCUT2D eigenvalue weighted by Crippen LogP contribution is -2.29. The minimum absolute atomic E-state index is 0.121. The average molecular weight is 399 g/mol. The maximum absolute atomic E-state index is 12.1. The first-order chi connectivity index (χ1) is 14.7. The van der Waals surface area contributed by atoms with Gasteiger partial charge in [-0.1, -0.05) is 36.4 Å². The molecule has 2 aromatic carbocycles. The molecule has 1 aromatic heterocycles. The van der Waals surface area contributed by atoms with Crippen molar-refractivity contribution in [3.8, 4) is 0 Å². The number of aromatic amines is 1. The molecule has 1 saturated heterocycles. The van der Waals surface area contributed by atoms with E-state index in [0.717, 1.165) is 35.1 Å². The maximum Gasteiger partial charge on any atom is 0.163 e. The molecule has 0 spiro atoms. The van der Waals surface area contributed by atoms with Crippen LogP contribution >= 0.6 is 0 Å². The molecule has 0 atom stereocenters. The molecule has 1 fully saturated rings. The molecule has 4 heteroatoms. The van der Waals surface area contributed by atoms with E-state index < -0.39 is 0 Å². The quantitative estimate of drug-likeness (QED) is 0.427. The van der Waals surface area contributed by atoms with Crippen molar-refractivity contribution in [1.82, 2.24) is 4.98 Å². The Bertz CT molecular complexity index is 1080. The summed E-state index contributed by atoms with van der Waals surface area (Å²) in [6.07, 6.45) is 12.1. The zero-order valence-electron chi connectivity index (χ0n) is 17.0. The normalized spacial score (nSPS) is 14.7. The number of allylic oxidation sites excluding steroid dienone is 2. The van der Waals surface area contributed by atoms with Crippen LogP contribution in [0, 0.1) is 0 Å². The largest absolute Gasteiger partial charge is 0.372 e. The number of fused-ring (bicyclic) bond motifs is 1. The Morgan fingerprint density at radius 3 is 2.23 bits per heavy atom. The zero-order chi connectivity index (χ0) is 20.8. The van der Waals surface area contributed by atoms with Crippen LogP contribution in [0.2, 0.25) is 0 Å². The van der Waals surface area contributed by atoms with Gasteiger partial charge in [-0.15, -0.1) is 0 Å². The fourth-order valence-corrected chi connectivity index (χ4v) is 3.79. The molecule has 1 aliphatic heterocycles. The van der Waals surface area contributed by atoms with Crippen LogP contribution in [0.25, 0.3) is 23.1 Å². The van der Waals surface area contributed by atoms with Gasteiger partial charge in [0.15, 0.2) is 11.6 Å². The summed E-state index contributed by atoms with van der Waals surface area (Å²) in [6.45, 7) is 2.23. The van der Waals surface area contributed by atoms with Gasteiger partial charge in [0, 0.05) is 30.5 Å². The fraction of sp³-hybridized carbons (Fsp3) is 0.231. The summed E-state index contributed by atoms with van der Waals surface area (Å²) in [5.74, 6) is -0.388. The van der Waals surface area contributed by atoms with Crippen molar-refractivity contribution >= 4 is 40.3 Å². The van der Waals surface area contributed by atoms with Crippen molar-refractivity contribution in [3.05, 3.63) is 78.0 Å². The number of hydrogen-bond donors (Lipinski definition) is 1. The maximum atomic E-state index is 12.1. The van der Waals surface area contributed by atoms with Crippen LogP contribution in [0.15, 0.2) is 66.9 Å². The molecule has 4 rings (SSSR count). The molecule has 1 N–H and O–H groups in total. The Hall–Kier alpha value is -3.40. The zero-order valence-corrected chi connectivity index (χ0v) is 17.0. The summed E-state index contributed by atoms with van der Waals surface area (Å²) in [6, 6.07) is 16.2. The molecule has 0 aliphatic carbocycles. The molecule has 0 radical (unpaired) electrons. The van der Waals surface area contributed by atoms with Crippen molar-refractivity contribution in [2.45, 2.75) is 25.7 Å². The van der Waals surface area contributed by atoms with Gasteiger partial charge in [0.25, 0.3) is 0 Å². The number of piperidine rings is 1. The molecule has 0 saturated carbocycles. The number of H-pyrrole nitrogens is 1. The fourth-order valence-electron chi connectivity index (χ4n) is 3.79. The van der Waals surface area contributed by atoms with Gasteiger partial charge in [0.05, 0.1) is 6.42 Å². The van der Waals surface area contributed by atoms with E-state index in [1.165, 1.54) is 37.1 Å². The minimum Gasteiger partial charge on any atom is -0.372 e. The number of carbonyl (C=O) groups excluding carboxylic acids is 2. The molecular weight excluding hydrogens is 372 g/mol. The van der Waals surface area contributed by atoms with E-state index in [9.17, 15) is 9.59 Å². The van der Waals surface area contributed by atoms with Gasteiger partial charge in [0.1, 0.15) is 0 Å². The minimum atomic E-state index is -0.198. The second-order valence-electron chi connectivity index (χ2n) is 7.74. The predicted octanol–water partition coefficient (Wildman–Crippen LogP) is 5.41. The standard InChI is InChI=1S/C26H26N2O2/c29-24(12-7-20-5-10-23(11-6-20)28-16-2-1-3-17-28)19-25(30)13-8-21-4-9-22-14-15-27-26(22)18-21/h4-15,18,27H,1-3,16-17,19H2. The summed E-state index contributed by atoms with van der Waals surface area (Å²) < 4.78 is 0. The first-order valence-corrected chi connectivity index (χ1v) is 10.5. The third-order valence-corrected chi connectivity index (χ3v) is 5.47. The van der Waals surface area contributed by atoms with E-state index in [0.29, 0.717) is 0 Å². The van der Waals surface area contributed by atoms with Crippen LogP contribution in [-0.4, -0.2) is 29.6 Å². The second kappa shape index (κ2) is 9.40. The van der Waals surface area contributed by atoms with Crippen LogP contribution in [0.1, 0.15) is 36.8 Å². The van der Waals surface area contributed by atoms with E-state index >= 15 is 0 Å². The summed E-state index contributed by atoms with van der Waals surface area (Å²) in [4.78, 5) is 29.8. The highest BCUT2D eigenvalue weighted by Crippen LogP contribution is 2.20. The number of nitrogens with one attached hydrogen (secondary N) is 1. The number of anilines is 1. The number of carbonyl (C=O) groups is 2. The van der Waals surface area contributed by atoms with Gasteiger partial charge in [0.2, 0.25) is 0 Å². The highest BCUT2D eigenvalue weighted by atomic mass is 16.1. The molecule has 30 heavy (non-hydrogen) atoms. The summed E-state index contributed by atoms with van der Waals surface area (Å²) in [7, 11) is 0. The lowest BCUT2D eigenvalue weighted by atomic mass is 10.1. The number of aromatic nitrogens is 1. The van der Waals surface area contributed by atoms with Crippen LogP contribution in [-0.2, 0) is 9.59 Å². The first kappa shape index (κ1) is 19.9. The smallest absolute Gasteiger partial charge is 0.163 e. The Kier molecular flexibility index (Phi) is 6.23. The molecule has 3 aromatic rings. The van der Waals surface area contributed by atoms with Crippen LogP contribution in [0.3, 0.4) is 0 Å². The van der Waals surface area contributed by atoms with E-state index in [-0.39, 0.29) is 18.0 Å². The van der Waals surface area contributed by atoms with Crippen molar-refractivity contribution in [1.29, 1.82) is 0 Å². The van der Waals surface area contributed by atoms with Crippen molar-refractivity contribution in [2.75, 3.05) is 18.0 Å². The Morgan fingerprint density at radius 1 is 0.833 bits per heavy atom. The molecular formula is C26H26N2O2. The third kappa shape index (κ3) is 5.15. The monoisotopic (exact) mass is 398 g/mol. The molecule has 0 bridgehead atoms. The van der Waals surface area contributed by atoms with Gasteiger partial charge in [-0.25, -0.2) is 0 Å². The number of nitrogens with zero attached hydrogens (tertiary/aromatic N) is 1.